The molecular weight excluding hydrogens is 172 g/mol. The zero-order valence-corrected chi connectivity index (χ0v) is 9.84. The van der Waals surface area contributed by atoms with Gasteiger partial charge in [0.15, 0.2) is 0 Å². The molecule has 1 saturated heterocycles. The van der Waals surface area contributed by atoms with Gasteiger partial charge in [0, 0.05) is 25.2 Å². The van der Waals surface area contributed by atoms with Gasteiger partial charge in [-0.3, -0.25) is 4.90 Å². The molecule has 0 bridgehead atoms. The van der Waals surface area contributed by atoms with Gasteiger partial charge < -0.3 is 5.32 Å². The molecular formula is C12H24N2. The minimum Gasteiger partial charge on any atom is -0.313 e. The summed E-state index contributed by atoms with van der Waals surface area (Å²) in [5.41, 5.74) is 1.26. The van der Waals surface area contributed by atoms with Crippen LogP contribution in [-0.2, 0) is 0 Å². The summed E-state index contributed by atoms with van der Waals surface area (Å²) in [4.78, 5) is 2.51. The van der Waals surface area contributed by atoms with Gasteiger partial charge in [-0.25, -0.2) is 0 Å². The molecule has 2 nitrogen and oxygen atoms in total. The van der Waals surface area contributed by atoms with E-state index >= 15 is 0 Å². The van der Waals surface area contributed by atoms with Crippen LogP contribution in [0.25, 0.3) is 0 Å². The van der Waals surface area contributed by atoms with E-state index in [1.807, 2.05) is 0 Å². The number of rotatable bonds is 5. The lowest BCUT2D eigenvalue weighted by atomic mass is 10.1. The smallest absolute Gasteiger partial charge is 0.0195 e. The van der Waals surface area contributed by atoms with Crippen molar-refractivity contribution in [2.45, 2.75) is 45.7 Å². The summed E-state index contributed by atoms with van der Waals surface area (Å²) in [5.74, 6) is 0. The minimum atomic E-state index is 0.620. The molecule has 1 fully saturated rings. The van der Waals surface area contributed by atoms with Crippen molar-refractivity contribution < 1.29 is 0 Å². The molecule has 1 N–H and O–H groups in total. The van der Waals surface area contributed by atoms with E-state index in [2.05, 4.69) is 37.6 Å². The van der Waals surface area contributed by atoms with Gasteiger partial charge in [0.2, 0.25) is 0 Å². The summed E-state index contributed by atoms with van der Waals surface area (Å²) >= 11 is 0. The quantitative estimate of drug-likeness (QED) is 0.677. The van der Waals surface area contributed by atoms with Crippen molar-refractivity contribution in [3.8, 4) is 0 Å². The van der Waals surface area contributed by atoms with Crippen LogP contribution in [0.1, 0.15) is 33.6 Å². The number of nitrogens with one attached hydrogen (secondary N) is 1. The Hall–Kier alpha value is -0.340. The molecule has 14 heavy (non-hydrogen) atoms. The lowest BCUT2D eigenvalue weighted by molar-refractivity contribution is 0.219. The first-order valence-corrected chi connectivity index (χ1v) is 5.71. The van der Waals surface area contributed by atoms with Gasteiger partial charge in [0.05, 0.1) is 0 Å². The van der Waals surface area contributed by atoms with Crippen LogP contribution in [-0.4, -0.2) is 36.6 Å². The highest BCUT2D eigenvalue weighted by Crippen LogP contribution is 2.10. The van der Waals surface area contributed by atoms with E-state index in [9.17, 15) is 0 Å². The molecule has 1 aliphatic heterocycles. The third kappa shape index (κ3) is 3.81. The van der Waals surface area contributed by atoms with Crippen LogP contribution in [0.2, 0.25) is 0 Å². The second-order valence-corrected chi connectivity index (χ2v) is 4.77. The van der Waals surface area contributed by atoms with E-state index in [1.54, 1.807) is 0 Å². The maximum atomic E-state index is 3.99. The molecule has 0 aromatic heterocycles. The van der Waals surface area contributed by atoms with E-state index in [-0.39, 0.29) is 0 Å². The van der Waals surface area contributed by atoms with E-state index in [0.29, 0.717) is 12.1 Å². The van der Waals surface area contributed by atoms with Crippen LogP contribution >= 0.6 is 0 Å². The largest absolute Gasteiger partial charge is 0.313 e. The summed E-state index contributed by atoms with van der Waals surface area (Å²) < 4.78 is 0. The predicted molar refractivity (Wildman–Crippen MR) is 62.5 cm³/mol. The van der Waals surface area contributed by atoms with Crippen LogP contribution in [0.3, 0.4) is 0 Å². The molecule has 0 radical (unpaired) electrons. The lowest BCUT2D eigenvalue weighted by Crippen LogP contribution is -2.41. The summed E-state index contributed by atoms with van der Waals surface area (Å²) in [7, 11) is 0. The van der Waals surface area contributed by atoms with Crippen LogP contribution in [0, 0.1) is 0 Å². The summed E-state index contributed by atoms with van der Waals surface area (Å²) in [6.07, 6.45) is 2.67. The Morgan fingerprint density at radius 1 is 1.57 bits per heavy atom. The fourth-order valence-corrected chi connectivity index (χ4v) is 2.00. The molecule has 0 spiro atoms. The first-order chi connectivity index (χ1) is 6.59. The zero-order chi connectivity index (χ0) is 10.6. The Kier molecular flexibility index (Phi) is 4.63. The van der Waals surface area contributed by atoms with Crippen molar-refractivity contribution in [2.75, 3.05) is 19.6 Å². The summed E-state index contributed by atoms with van der Waals surface area (Å²) in [6, 6.07) is 1.32. The minimum absolute atomic E-state index is 0.620. The second-order valence-electron chi connectivity index (χ2n) is 4.77. The molecule has 0 saturated carbocycles. The van der Waals surface area contributed by atoms with Gasteiger partial charge in [-0.05, 0) is 40.2 Å². The van der Waals surface area contributed by atoms with Crippen molar-refractivity contribution in [1.29, 1.82) is 0 Å². The topological polar surface area (TPSA) is 15.3 Å². The highest BCUT2D eigenvalue weighted by molar-refractivity contribution is 4.94. The number of nitrogens with zero attached hydrogens (tertiary/aromatic N) is 1. The molecule has 1 rings (SSSR count). The molecule has 0 aromatic rings. The normalized spacial score (nSPS) is 22.2. The molecule has 82 valence electrons. The van der Waals surface area contributed by atoms with Gasteiger partial charge in [-0.15, -0.1) is 0 Å². The summed E-state index contributed by atoms with van der Waals surface area (Å²) in [6.45, 7) is 14.0. The fourth-order valence-electron chi connectivity index (χ4n) is 2.00. The van der Waals surface area contributed by atoms with Crippen LogP contribution < -0.4 is 5.32 Å². The highest BCUT2D eigenvalue weighted by Gasteiger charge is 2.19. The molecule has 2 heteroatoms. The van der Waals surface area contributed by atoms with Gasteiger partial charge in [0.25, 0.3) is 0 Å². The molecule has 1 heterocycles. The SMILES string of the molecule is C=C(C)CN(CC1CCCN1)C(C)C. The molecule has 0 amide bonds. The first-order valence-electron chi connectivity index (χ1n) is 5.71. The molecule has 0 aliphatic carbocycles. The van der Waals surface area contributed by atoms with Gasteiger partial charge in [-0.1, -0.05) is 12.2 Å². The second kappa shape index (κ2) is 5.52. The first kappa shape index (κ1) is 11.7. The Balaban J connectivity index is 2.37. The summed E-state index contributed by atoms with van der Waals surface area (Å²) in [5, 5.41) is 3.54. The van der Waals surface area contributed by atoms with Crippen molar-refractivity contribution >= 4 is 0 Å². The van der Waals surface area contributed by atoms with Gasteiger partial charge in [-0.2, -0.15) is 0 Å². The average molecular weight is 196 g/mol. The van der Waals surface area contributed by atoms with Crippen molar-refractivity contribution in [3.63, 3.8) is 0 Å². The van der Waals surface area contributed by atoms with E-state index < -0.39 is 0 Å². The maximum Gasteiger partial charge on any atom is 0.0195 e. The molecule has 1 aliphatic rings. The Morgan fingerprint density at radius 2 is 2.29 bits per heavy atom. The molecule has 0 aromatic carbocycles. The van der Waals surface area contributed by atoms with E-state index in [0.717, 1.165) is 6.54 Å². The van der Waals surface area contributed by atoms with Crippen LogP contribution in [0.4, 0.5) is 0 Å². The van der Waals surface area contributed by atoms with Crippen molar-refractivity contribution in [1.82, 2.24) is 10.2 Å². The number of hydrogen-bond acceptors (Lipinski definition) is 2. The Labute approximate surface area is 88.4 Å². The zero-order valence-electron chi connectivity index (χ0n) is 9.84. The molecule has 1 unspecified atom stereocenters. The standard InChI is InChI=1S/C12H24N2/c1-10(2)8-14(11(3)4)9-12-6-5-7-13-12/h11-13H,1,5-9H2,2-4H3. The van der Waals surface area contributed by atoms with Gasteiger partial charge in [0.1, 0.15) is 0 Å². The third-order valence-corrected chi connectivity index (χ3v) is 2.82. The van der Waals surface area contributed by atoms with Crippen LogP contribution in [0.5, 0.6) is 0 Å². The molecule has 1 atom stereocenters. The van der Waals surface area contributed by atoms with Gasteiger partial charge >= 0.3 is 0 Å². The maximum absolute atomic E-state index is 3.99. The van der Waals surface area contributed by atoms with E-state index in [1.165, 1.54) is 31.5 Å². The third-order valence-electron chi connectivity index (χ3n) is 2.82. The van der Waals surface area contributed by atoms with Crippen LogP contribution in [0.15, 0.2) is 12.2 Å². The van der Waals surface area contributed by atoms with Crippen molar-refractivity contribution in [2.24, 2.45) is 0 Å². The van der Waals surface area contributed by atoms with E-state index in [4.69, 9.17) is 0 Å². The average Bonchev–Trinajstić information content (AvgIpc) is 2.54. The fraction of sp³-hybridized carbons (Fsp3) is 0.833. The predicted octanol–water partition coefficient (Wildman–Crippen LogP) is 2.02. The monoisotopic (exact) mass is 196 g/mol. The van der Waals surface area contributed by atoms with Crippen molar-refractivity contribution in [3.05, 3.63) is 12.2 Å². The lowest BCUT2D eigenvalue weighted by Gasteiger charge is -2.29. The Bertz CT molecular complexity index is 181. The highest BCUT2D eigenvalue weighted by atomic mass is 15.2. The number of hydrogen-bond donors (Lipinski definition) is 1. The Morgan fingerprint density at radius 3 is 2.71 bits per heavy atom.